The molecule has 0 saturated heterocycles. The van der Waals surface area contributed by atoms with Crippen LogP contribution >= 0.6 is 0 Å². The Hall–Kier alpha value is -4.71. The predicted molar refractivity (Wildman–Crippen MR) is 124 cm³/mol. The maximum atomic E-state index is 12.0. The number of carboxylic acid groups (broad SMARTS) is 2. The van der Waals surface area contributed by atoms with Crippen molar-refractivity contribution in [2.45, 2.75) is 0 Å². The molecule has 33 heavy (non-hydrogen) atoms. The fourth-order valence-electron chi connectivity index (χ4n) is 4.06. The first-order chi connectivity index (χ1) is 15.9. The minimum absolute atomic E-state index is 0.135. The number of hydrogen-bond donors (Lipinski definition) is 2. The Morgan fingerprint density at radius 2 is 1.48 bits per heavy atom. The lowest BCUT2D eigenvalue weighted by Gasteiger charge is -2.17. The number of rotatable bonds is 4. The SMILES string of the molecule is O=C(O)c1cccc(-c2ccc3c(-c4ccccc4C(=O)O)c4ccc(=O)cc-4oc3c2)c1. The molecule has 5 rings (SSSR count). The minimum Gasteiger partial charge on any atom is -0.478 e. The van der Waals surface area contributed by atoms with Crippen molar-refractivity contribution < 1.29 is 24.2 Å². The van der Waals surface area contributed by atoms with E-state index in [-0.39, 0.29) is 16.6 Å². The second kappa shape index (κ2) is 7.76. The molecule has 0 saturated carbocycles. The second-order valence-electron chi connectivity index (χ2n) is 7.58. The van der Waals surface area contributed by atoms with Gasteiger partial charge < -0.3 is 14.6 Å². The fourth-order valence-corrected chi connectivity index (χ4v) is 4.06. The maximum absolute atomic E-state index is 12.0. The van der Waals surface area contributed by atoms with E-state index in [0.717, 1.165) is 5.56 Å². The molecule has 1 aliphatic carbocycles. The van der Waals surface area contributed by atoms with E-state index in [4.69, 9.17) is 4.42 Å². The van der Waals surface area contributed by atoms with Gasteiger partial charge in [0, 0.05) is 22.6 Å². The largest absolute Gasteiger partial charge is 0.478 e. The van der Waals surface area contributed by atoms with Gasteiger partial charge in [0.15, 0.2) is 5.43 Å². The van der Waals surface area contributed by atoms with Crippen LogP contribution < -0.4 is 5.43 Å². The number of benzene rings is 4. The standard InChI is InChI=1S/C27H16O6/c28-18-9-11-22-24(14-18)33-23-13-16(15-4-3-5-17(12-15)26(29)30)8-10-21(23)25(22)19-6-1-2-7-20(19)27(31)32/h1-14H,(H,29,30)(H,31,32). The van der Waals surface area contributed by atoms with Crippen LogP contribution in [0.1, 0.15) is 20.7 Å². The van der Waals surface area contributed by atoms with Crippen LogP contribution in [0.25, 0.3) is 44.5 Å². The highest BCUT2D eigenvalue weighted by Gasteiger charge is 2.21. The third-order valence-corrected chi connectivity index (χ3v) is 5.56. The van der Waals surface area contributed by atoms with Gasteiger partial charge in [-0.1, -0.05) is 36.4 Å². The molecule has 0 aromatic heterocycles. The molecule has 0 fully saturated rings. The molecule has 1 heterocycles. The summed E-state index contributed by atoms with van der Waals surface area (Å²) < 4.78 is 6.07. The molecular formula is C27H16O6. The van der Waals surface area contributed by atoms with E-state index in [1.165, 1.54) is 24.3 Å². The van der Waals surface area contributed by atoms with Crippen molar-refractivity contribution in [1.82, 2.24) is 0 Å². The molecule has 0 spiro atoms. The molecule has 0 radical (unpaired) electrons. The minimum atomic E-state index is -1.06. The molecule has 6 heteroatoms. The van der Waals surface area contributed by atoms with Gasteiger partial charge in [-0.2, -0.15) is 0 Å². The average molecular weight is 436 g/mol. The molecule has 1 aliphatic heterocycles. The highest BCUT2D eigenvalue weighted by molar-refractivity contribution is 6.08. The van der Waals surface area contributed by atoms with Gasteiger partial charge in [-0.25, -0.2) is 9.59 Å². The summed E-state index contributed by atoms with van der Waals surface area (Å²) in [7, 11) is 0. The Kier molecular flexibility index (Phi) is 4.75. The van der Waals surface area contributed by atoms with Crippen LogP contribution in [0, 0.1) is 0 Å². The lowest BCUT2D eigenvalue weighted by molar-refractivity contribution is 0.0686. The van der Waals surface area contributed by atoms with Crippen molar-refractivity contribution in [1.29, 1.82) is 0 Å². The van der Waals surface area contributed by atoms with E-state index in [0.29, 0.717) is 39.0 Å². The third kappa shape index (κ3) is 3.53. The normalized spacial score (nSPS) is 11.0. The first kappa shape index (κ1) is 20.2. The summed E-state index contributed by atoms with van der Waals surface area (Å²) in [5.41, 5.74) is 3.71. The summed E-state index contributed by atoms with van der Waals surface area (Å²) in [6, 6.07) is 23.1. The van der Waals surface area contributed by atoms with Gasteiger partial charge in [0.25, 0.3) is 0 Å². The Labute approximate surface area is 187 Å². The molecular weight excluding hydrogens is 420 g/mol. The van der Waals surface area contributed by atoms with Crippen molar-refractivity contribution in [2.24, 2.45) is 0 Å². The summed E-state index contributed by atoms with van der Waals surface area (Å²) in [5.74, 6) is -1.75. The Morgan fingerprint density at radius 1 is 0.697 bits per heavy atom. The predicted octanol–water partition coefficient (Wildman–Crippen LogP) is 5.63. The van der Waals surface area contributed by atoms with E-state index in [1.807, 2.05) is 12.1 Å². The number of carbonyl (C=O) groups is 2. The molecule has 0 amide bonds. The van der Waals surface area contributed by atoms with Crippen molar-refractivity contribution in [3.05, 3.63) is 106 Å². The van der Waals surface area contributed by atoms with Crippen LogP contribution in [-0.4, -0.2) is 22.2 Å². The van der Waals surface area contributed by atoms with Gasteiger partial charge in [0.05, 0.1) is 11.1 Å². The van der Waals surface area contributed by atoms with Crippen LogP contribution in [0.2, 0.25) is 0 Å². The van der Waals surface area contributed by atoms with Crippen LogP contribution in [0.5, 0.6) is 0 Å². The first-order valence-corrected chi connectivity index (χ1v) is 10.1. The molecule has 6 nitrogen and oxygen atoms in total. The highest BCUT2D eigenvalue weighted by atomic mass is 16.4. The molecule has 0 bridgehead atoms. The lowest BCUT2D eigenvalue weighted by atomic mass is 9.90. The van der Waals surface area contributed by atoms with Gasteiger partial charge in [-0.05, 0) is 59.2 Å². The van der Waals surface area contributed by atoms with Crippen molar-refractivity contribution in [3.8, 4) is 33.6 Å². The van der Waals surface area contributed by atoms with Crippen LogP contribution in [-0.2, 0) is 0 Å². The fraction of sp³-hybridized carbons (Fsp3) is 0. The smallest absolute Gasteiger partial charge is 0.336 e. The molecule has 2 aliphatic rings. The van der Waals surface area contributed by atoms with Crippen LogP contribution in [0.3, 0.4) is 0 Å². The number of aromatic carboxylic acids is 2. The summed E-state index contributed by atoms with van der Waals surface area (Å²) in [6.07, 6.45) is 0. The second-order valence-corrected chi connectivity index (χ2v) is 7.58. The van der Waals surface area contributed by atoms with Gasteiger partial charge in [-0.3, -0.25) is 4.79 Å². The van der Waals surface area contributed by atoms with Gasteiger partial charge >= 0.3 is 11.9 Å². The first-order valence-electron chi connectivity index (χ1n) is 10.1. The van der Waals surface area contributed by atoms with E-state index in [9.17, 15) is 24.6 Å². The van der Waals surface area contributed by atoms with E-state index >= 15 is 0 Å². The zero-order valence-corrected chi connectivity index (χ0v) is 17.1. The van der Waals surface area contributed by atoms with E-state index in [2.05, 4.69) is 0 Å². The Bertz CT molecular complexity index is 1590. The zero-order valence-electron chi connectivity index (χ0n) is 17.1. The van der Waals surface area contributed by atoms with Crippen LogP contribution in [0.4, 0.5) is 0 Å². The lowest BCUT2D eigenvalue weighted by Crippen LogP contribution is -2.03. The highest BCUT2D eigenvalue weighted by Crippen LogP contribution is 2.42. The van der Waals surface area contributed by atoms with Crippen molar-refractivity contribution in [3.63, 3.8) is 0 Å². The Balaban J connectivity index is 1.84. The topological polar surface area (TPSA) is 105 Å². The number of carboxylic acids is 2. The number of fused-ring (bicyclic) bond motifs is 2. The van der Waals surface area contributed by atoms with E-state index < -0.39 is 11.9 Å². The van der Waals surface area contributed by atoms with Crippen molar-refractivity contribution >= 4 is 22.9 Å². The van der Waals surface area contributed by atoms with Gasteiger partial charge in [0.2, 0.25) is 0 Å². The quantitative estimate of drug-likeness (QED) is 0.354. The number of hydrogen-bond acceptors (Lipinski definition) is 4. The maximum Gasteiger partial charge on any atom is 0.336 e. The van der Waals surface area contributed by atoms with Gasteiger partial charge in [-0.15, -0.1) is 0 Å². The summed E-state index contributed by atoms with van der Waals surface area (Å²) in [4.78, 5) is 35.3. The molecule has 3 aromatic carbocycles. The average Bonchev–Trinajstić information content (AvgIpc) is 2.82. The molecule has 3 aromatic rings. The van der Waals surface area contributed by atoms with Crippen LogP contribution in [0.15, 0.2) is 94.1 Å². The molecule has 0 atom stereocenters. The zero-order chi connectivity index (χ0) is 23.1. The van der Waals surface area contributed by atoms with Crippen molar-refractivity contribution in [2.75, 3.05) is 0 Å². The molecule has 2 N–H and O–H groups in total. The Morgan fingerprint density at radius 3 is 2.27 bits per heavy atom. The monoisotopic (exact) mass is 436 g/mol. The molecule has 160 valence electrons. The third-order valence-electron chi connectivity index (χ3n) is 5.56. The van der Waals surface area contributed by atoms with E-state index in [1.54, 1.807) is 48.5 Å². The summed E-state index contributed by atoms with van der Waals surface area (Å²) >= 11 is 0. The summed E-state index contributed by atoms with van der Waals surface area (Å²) in [6.45, 7) is 0. The molecule has 0 unspecified atom stereocenters. The summed E-state index contributed by atoms with van der Waals surface area (Å²) in [5, 5.41) is 19.7. The van der Waals surface area contributed by atoms with Gasteiger partial charge in [0.1, 0.15) is 11.3 Å².